The lowest BCUT2D eigenvalue weighted by Gasteiger charge is -2.45. The van der Waals surface area contributed by atoms with E-state index in [1.165, 1.54) is 89.3 Å². The summed E-state index contributed by atoms with van der Waals surface area (Å²) >= 11 is 0. The van der Waals surface area contributed by atoms with Crippen LogP contribution >= 0.6 is 0 Å². The molecule has 0 N–H and O–H groups in total. The van der Waals surface area contributed by atoms with E-state index in [1.807, 2.05) is 0 Å². The Hall–Kier alpha value is -8.20. The molecule has 2 nitrogen and oxygen atoms in total. The third kappa shape index (κ3) is 5.48. The van der Waals surface area contributed by atoms with E-state index in [1.54, 1.807) is 0 Å². The fourth-order valence-corrected chi connectivity index (χ4v) is 11.7. The van der Waals surface area contributed by atoms with Gasteiger partial charge in [-0.25, -0.2) is 0 Å². The monoisotopic (exact) mass is 842 g/mol. The van der Waals surface area contributed by atoms with Gasteiger partial charge >= 0.3 is 0 Å². The largest absolute Gasteiger partial charge is 0.310 e. The number of nitrogens with zero attached hydrogens (tertiary/aromatic N) is 2. The summed E-state index contributed by atoms with van der Waals surface area (Å²) in [5.74, 6) is 0. The first-order valence-corrected chi connectivity index (χ1v) is 23.1. The van der Waals surface area contributed by atoms with Crippen molar-refractivity contribution in [3.63, 3.8) is 0 Å². The second-order valence-electron chi connectivity index (χ2n) is 18.4. The van der Waals surface area contributed by atoms with E-state index in [-0.39, 0.29) is 5.41 Å². The first kappa shape index (κ1) is 38.3. The standard InChI is InChI=1S/C64H46N2/c1-63(2)56-31-16-15-30-52(56)53-36-34-49(41-58(53)63)65(48-29-19-24-45(40-48)43-20-7-3-8-21-43)50-35-37-54-55-39-38-51(44-22-9-4-10-23-44)62-61(55)64(59(54)42-50,46-25-11-5-12-26-46)57-32-17-18-33-60(57)66(62)47-27-13-6-14-28-47/h3-42H,1-2H3. The zero-order valence-corrected chi connectivity index (χ0v) is 37.0. The fraction of sp³-hybridized carbons (Fsp3) is 0.0625. The summed E-state index contributed by atoms with van der Waals surface area (Å²) in [6, 6.07) is 90.2. The molecule has 0 saturated carbocycles. The molecule has 3 aliphatic rings. The first-order chi connectivity index (χ1) is 32.5. The van der Waals surface area contributed by atoms with E-state index >= 15 is 0 Å². The molecule has 2 aliphatic carbocycles. The quantitative estimate of drug-likeness (QED) is 0.158. The Morgan fingerprint density at radius 2 is 0.864 bits per heavy atom. The van der Waals surface area contributed by atoms with Crippen LogP contribution in [0.3, 0.4) is 0 Å². The average Bonchev–Trinajstić information content (AvgIpc) is 3.81. The molecule has 0 spiro atoms. The predicted octanol–water partition coefficient (Wildman–Crippen LogP) is 16.9. The highest BCUT2D eigenvalue weighted by molar-refractivity contribution is 6.05. The van der Waals surface area contributed by atoms with E-state index in [4.69, 9.17) is 0 Å². The van der Waals surface area contributed by atoms with Gasteiger partial charge in [0.15, 0.2) is 0 Å². The summed E-state index contributed by atoms with van der Waals surface area (Å²) in [4.78, 5) is 5.02. The molecule has 0 fully saturated rings. The van der Waals surface area contributed by atoms with E-state index in [0.29, 0.717) is 0 Å². The number of hydrogen-bond donors (Lipinski definition) is 0. The van der Waals surface area contributed by atoms with Gasteiger partial charge in [0.05, 0.1) is 16.8 Å². The summed E-state index contributed by atoms with van der Waals surface area (Å²) in [5, 5.41) is 0. The van der Waals surface area contributed by atoms with Gasteiger partial charge in [0, 0.05) is 39.3 Å². The Bertz CT molecular complexity index is 3500. The van der Waals surface area contributed by atoms with Crippen LogP contribution in [0.1, 0.15) is 47.2 Å². The maximum absolute atomic E-state index is 2.52. The molecule has 0 aromatic heterocycles. The second-order valence-corrected chi connectivity index (χ2v) is 18.4. The molecular weight excluding hydrogens is 797 g/mol. The molecule has 1 atom stereocenters. The molecule has 66 heavy (non-hydrogen) atoms. The number of benzene rings is 10. The molecule has 10 aromatic rings. The Morgan fingerprint density at radius 1 is 0.348 bits per heavy atom. The third-order valence-corrected chi connectivity index (χ3v) is 14.6. The molecule has 2 heteroatoms. The number of rotatable bonds is 7. The minimum atomic E-state index is -0.636. The summed E-state index contributed by atoms with van der Waals surface area (Å²) in [6.07, 6.45) is 0. The smallest absolute Gasteiger partial charge is 0.0755 e. The SMILES string of the molecule is CC1(C)c2ccccc2-c2ccc(N(c3cccc(-c4ccccc4)c3)c3ccc4c(c3)C3(c5ccccc5)c5ccccc5N(c5ccccc5)c5c(-c6ccccc6)ccc-4c53)cc21. The predicted molar refractivity (Wildman–Crippen MR) is 275 cm³/mol. The van der Waals surface area contributed by atoms with Gasteiger partial charge in [0.25, 0.3) is 0 Å². The Balaban J connectivity index is 1.10. The van der Waals surface area contributed by atoms with Crippen molar-refractivity contribution in [2.45, 2.75) is 24.7 Å². The highest BCUT2D eigenvalue weighted by Crippen LogP contribution is 2.67. The van der Waals surface area contributed by atoms with Gasteiger partial charge in [0.1, 0.15) is 0 Å². The van der Waals surface area contributed by atoms with E-state index < -0.39 is 5.41 Å². The molecule has 312 valence electrons. The van der Waals surface area contributed by atoms with E-state index in [2.05, 4.69) is 266 Å². The summed E-state index contributed by atoms with van der Waals surface area (Å²) in [7, 11) is 0. The van der Waals surface area contributed by atoms with Crippen LogP contribution in [0.2, 0.25) is 0 Å². The molecule has 1 heterocycles. The molecular formula is C64H46N2. The van der Waals surface area contributed by atoms with Crippen molar-refractivity contribution in [2.24, 2.45) is 0 Å². The number of para-hydroxylation sites is 2. The van der Waals surface area contributed by atoms with Crippen LogP contribution in [0, 0.1) is 0 Å². The Morgan fingerprint density at radius 3 is 1.59 bits per heavy atom. The average molecular weight is 843 g/mol. The van der Waals surface area contributed by atoms with Crippen molar-refractivity contribution in [3.05, 3.63) is 276 Å². The van der Waals surface area contributed by atoms with Crippen LogP contribution in [-0.2, 0) is 10.8 Å². The van der Waals surface area contributed by atoms with Gasteiger partial charge in [-0.05, 0) is 121 Å². The van der Waals surface area contributed by atoms with Crippen molar-refractivity contribution in [1.82, 2.24) is 0 Å². The van der Waals surface area contributed by atoms with Crippen LogP contribution in [0.15, 0.2) is 243 Å². The summed E-state index contributed by atoms with van der Waals surface area (Å²) in [5.41, 5.74) is 23.9. The van der Waals surface area contributed by atoms with Gasteiger partial charge in [-0.15, -0.1) is 0 Å². The van der Waals surface area contributed by atoms with Crippen LogP contribution < -0.4 is 9.80 Å². The van der Waals surface area contributed by atoms with Gasteiger partial charge in [-0.2, -0.15) is 0 Å². The maximum atomic E-state index is 2.52. The maximum Gasteiger partial charge on any atom is 0.0755 e. The molecule has 0 amide bonds. The molecule has 13 rings (SSSR count). The van der Waals surface area contributed by atoms with Crippen LogP contribution in [0.4, 0.5) is 34.1 Å². The second kappa shape index (κ2) is 14.7. The van der Waals surface area contributed by atoms with Crippen LogP contribution in [0.5, 0.6) is 0 Å². The van der Waals surface area contributed by atoms with E-state index in [0.717, 1.165) is 22.7 Å². The van der Waals surface area contributed by atoms with Gasteiger partial charge in [-0.3, -0.25) is 0 Å². The lowest BCUT2D eigenvalue weighted by molar-refractivity contribution is 0.660. The number of anilines is 6. The van der Waals surface area contributed by atoms with Crippen molar-refractivity contribution >= 4 is 34.1 Å². The third-order valence-electron chi connectivity index (χ3n) is 14.6. The molecule has 1 aliphatic heterocycles. The number of hydrogen-bond acceptors (Lipinski definition) is 2. The van der Waals surface area contributed by atoms with Crippen LogP contribution in [0.25, 0.3) is 44.5 Å². The van der Waals surface area contributed by atoms with Gasteiger partial charge < -0.3 is 9.80 Å². The van der Waals surface area contributed by atoms with Crippen molar-refractivity contribution in [3.8, 4) is 44.5 Å². The molecule has 1 unspecified atom stereocenters. The molecule has 0 radical (unpaired) electrons. The highest BCUT2D eigenvalue weighted by Gasteiger charge is 2.53. The van der Waals surface area contributed by atoms with Gasteiger partial charge in [0.2, 0.25) is 0 Å². The normalized spacial score (nSPS) is 15.6. The zero-order valence-electron chi connectivity index (χ0n) is 37.0. The molecule has 10 aromatic carbocycles. The van der Waals surface area contributed by atoms with E-state index in [9.17, 15) is 0 Å². The summed E-state index contributed by atoms with van der Waals surface area (Å²) in [6.45, 7) is 4.75. The lowest BCUT2D eigenvalue weighted by Crippen LogP contribution is -2.36. The van der Waals surface area contributed by atoms with Crippen molar-refractivity contribution in [2.75, 3.05) is 9.80 Å². The lowest BCUT2D eigenvalue weighted by atomic mass is 9.64. The van der Waals surface area contributed by atoms with Crippen molar-refractivity contribution < 1.29 is 0 Å². The number of fused-ring (bicyclic) bond motifs is 8. The topological polar surface area (TPSA) is 6.48 Å². The summed E-state index contributed by atoms with van der Waals surface area (Å²) < 4.78 is 0. The zero-order chi connectivity index (χ0) is 44.0. The minimum Gasteiger partial charge on any atom is -0.310 e. The van der Waals surface area contributed by atoms with Crippen LogP contribution in [-0.4, -0.2) is 0 Å². The highest BCUT2D eigenvalue weighted by atomic mass is 15.2. The van der Waals surface area contributed by atoms with Gasteiger partial charge in [-0.1, -0.05) is 202 Å². The fourth-order valence-electron chi connectivity index (χ4n) is 11.7. The molecule has 0 saturated heterocycles. The minimum absolute atomic E-state index is 0.153. The Labute approximate surface area is 387 Å². The Kier molecular flexibility index (Phi) is 8.51. The first-order valence-electron chi connectivity index (χ1n) is 23.1. The molecule has 0 bridgehead atoms. The van der Waals surface area contributed by atoms with Crippen molar-refractivity contribution in [1.29, 1.82) is 0 Å².